The zero-order chi connectivity index (χ0) is 20.9. The Morgan fingerprint density at radius 3 is 2.50 bits per heavy atom. The molecule has 0 radical (unpaired) electrons. The number of amides is 1. The van der Waals surface area contributed by atoms with E-state index < -0.39 is 11.7 Å². The number of nitrogens with one attached hydrogen (secondary N) is 1. The van der Waals surface area contributed by atoms with E-state index in [-0.39, 0.29) is 5.91 Å². The van der Waals surface area contributed by atoms with Crippen molar-refractivity contribution in [3.8, 4) is 11.5 Å². The normalized spacial score (nSPS) is 11.6. The first-order valence-corrected chi connectivity index (χ1v) is 9.33. The molecule has 150 valence electrons. The van der Waals surface area contributed by atoms with E-state index in [0.717, 1.165) is 5.39 Å². The van der Waals surface area contributed by atoms with Crippen LogP contribution in [0.2, 0.25) is 0 Å². The quantitative estimate of drug-likeness (QED) is 0.479. The molecule has 0 saturated carbocycles. The zero-order valence-electron chi connectivity index (χ0n) is 16.2. The lowest BCUT2D eigenvalue weighted by molar-refractivity contribution is -0.123. The number of hydrogen-bond donors (Lipinski definition) is 1. The standard InChI is InChI=1S/C24H19NO5/c1-28-19-9-5-8-18(14-19)25-24(27)23(17-6-3-2-4-7-17)29-20-12-10-16-11-13-22(26)30-21(16)15-20/h2-15,23H,1H3,(H,25,27). The first-order chi connectivity index (χ1) is 14.6. The molecule has 6 nitrogen and oxygen atoms in total. The van der Waals surface area contributed by atoms with Crippen LogP contribution in [0.1, 0.15) is 11.7 Å². The summed E-state index contributed by atoms with van der Waals surface area (Å²) in [5.74, 6) is 0.699. The van der Waals surface area contributed by atoms with E-state index >= 15 is 0 Å². The van der Waals surface area contributed by atoms with E-state index in [1.807, 2.05) is 30.3 Å². The number of fused-ring (bicyclic) bond motifs is 1. The molecular formula is C24H19NO5. The molecule has 0 saturated heterocycles. The molecule has 4 aromatic rings. The largest absolute Gasteiger partial charge is 0.497 e. The van der Waals surface area contributed by atoms with E-state index in [0.29, 0.717) is 28.3 Å². The van der Waals surface area contributed by atoms with Crippen LogP contribution >= 0.6 is 0 Å². The maximum atomic E-state index is 13.1. The Kier molecular flexibility index (Phi) is 5.48. The molecule has 0 bridgehead atoms. The van der Waals surface area contributed by atoms with Crippen molar-refractivity contribution >= 4 is 22.6 Å². The van der Waals surface area contributed by atoms with Crippen LogP contribution in [0.5, 0.6) is 11.5 Å². The topological polar surface area (TPSA) is 77.8 Å². The van der Waals surface area contributed by atoms with E-state index in [2.05, 4.69) is 5.32 Å². The third-order valence-electron chi connectivity index (χ3n) is 4.53. The summed E-state index contributed by atoms with van der Waals surface area (Å²) in [6.07, 6.45) is -0.912. The second-order valence-electron chi connectivity index (χ2n) is 6.58. The highest BCUT2D eigenvalue weighted by atomic mass is 16.5. The number of carbonyl (C=O) groups is 1. The van der Waals surface area contributed by atoms with Crippen molar-refractivity contribution in [2.24, 2.45) is 0 Å². The predicted molar refractivity (Wildman–Crippen MR) is 114 cm³/mol. The molecule has 1 atom stereocenters. The Labute approximate surface area is 172 Å². The minimum atomic E-state index is -0.912. The van der Waals surface area contributed by atoms with Gasteiger partial charge in [-0.05, 0) is 30.3 Å². The first kappa shape index (κ1) is 19.3. The van der Waals surface area contributed by atoms with Crippen LogP contribution in [0.15, 0.2) is 94.1 Å². The molecule has 3 aromatic carbocycles. The highest BCUT2D eigenvalue weighted by Crippen LogP contribution is 2.27. The van der Waals surface area contributed by atoms with E-state index in [1.54, 1.807) is 55.6 Å². The Morgan fingerprint density at radius 1 is 0.900 bits per heavy atom. The van der Waals surface area contributed by atoms with Crippen LogP contribution < -0.4 is 20.4 Å². The number of rotatable bonds is 6. The van der Waals surface area contributed by atoms with Gasteiger partial charge in [0.1, 0.15) is 17.1 Å². The van der Waals surface area contributed by atoms with Gasteiger partial charge in [-0.1, -0.05) is 36.4 Å². The van der Waals surface area contributed by atoms with Crippen molar-refractivity contribution < 1.29 is 18.7 Å². The number of hydrogen-bond acceptors (Lipinski definition) is 5. The third kappa shape index (κ3) is 4.33. The molecule has 30 heavy (non-hydrogen) atoms. The van der Waals surface area contributed by atoms with Gasteiger partial charge in [-0.25, -0.2) is 4.79 Å². The summed E-state index contributed by atoms with van der Waals surface area (Å²) in [7, 11) is 1.56. The van der Waals surface area contributed by atoms with Crippen LogP contribution in [-0.2, 0) is 4.79 Å². The van der Waals surface area contributed by atoms with Crippen molar-refractivity contribution in [2.75, 3.05) is 12.4 Å². The van der Waals surface area contributed by atoms with E-state index in [1.165, 1.54) is 6.07 Å². The van der Waals surface area contributed by atoms with Crippen LogP contribution in [0.4, 0.5) is 5.69 Å². The second kappa shape index (κ2) is 8.53. The number of carbonyl (C=O) groups excluding carboxylic acids is 1. The summed E-state index contributed by atoms with van der Waals surface area (Å²) in [5.41, 5.74) is 1.22. The van der Waals surface area contributed by atoms with Gasteiger partial charge >= 0.3 is 5.63 Å². The van der Waals surface area contributed by atoms with Gasteiger partial charge in [-0.3, -0.25) is 4.79 Å². The number of methoxy groups -OCH3 is 1. The monoisotopic (exact) mass is 401 g/mol. The van der Waals surface area contributed by atoms with Crippen molar-refractivity contribution in [1.29, 1.82) is 0 Å². The van der Waals surface area contributed by atoms with Gasteiger partial charge in [0.25, 0.3) is 5.91 Å². The van der Waals surface area contributed by atoms with E-state index in [4.69, 9.17) is 13.9 Å². The van der Waals surface area contributed by atoms with Crippen LogP contribution in [0.25, 0.3) is 11.0 Å². The molecule has 4 rings (SSSR count). The Hall–Kier alpha value is -4.06. The molecule has 0 aliphatic rings. The Morgan fingerprint density at radius 2 is 1.70 bits per heavy atom. The first-order valence-electron chi connectivity index (χ1n) is 9.33. The lowest BCUT2D eigenvalue weighted by atomic mass is 10.1. The van der Waals surface area contributed by atoms with Crippen LogP contribution in [-0.4, -0.2) is 13.0 Å². The minimum absolute atomic E-state index is 0.343. The molecule has 0 fully saturated rings. The van der Waals surface area contributed by atoms with Gasteiger partial charge in [0.15, 0.2) is 0 Å². The SMILES string of the molecule is COc1cccc(NC(=O)C(Oc2ccc3ccc(=O)oc3c2)c2ccccc2)c1. The summed E-state index contributed by atoms with van der Waals surface area (Å²) in [6, 6.07) is 24.4. The van der Waals surface area contributed by atoms with Crippen LogP contribution in [0, 0.1) is 0 Å². The molecule has 1 amide bonds. The van der Waals surface area contributed by atoms with Crippen molar-refractivity contribution in [3.05, 3.63) is 101 Å². The van der Waals surface area contributed by atoms with Crippen molar-refractivity contribution in [1.82, 2.24) is 0 Å². The van der Waals surface area contributed by atoms with Crippen molar-refractivity contribution in [2.45, 2.75) is 6.10 Å². The number of benzene rings is 3. The average molecular weight is 401 g/mol. The minimum Gasteiger partial charge on any atom is -0.497 e. The summed E-state index contributed by atoms with van der Waals surface area (Å²) in [6.45, 7) is 0. The fraction of sp³-hybridized carbons (Fsp3) is 0.0833. The van der Waals surface area contributed by atoms with Gasteiger partial charge in [-0.2, -0.15) is 0 Å². The van der Waals surface area contributed by atoms with Gasteiger partial charge in [-0.15, -0.1) is 0 Å². The maximum absolute atomic E-state index is 13.1. The van der Waals surface area contributed by atoms with Gasteiger partial charge in [0, 0.05) is 34.8 Å². The molecule has 0 spiro atoms. The highest BCUT2D eigenvalue weighted by molar-refractivity contribution is 5.95. The van der Waals surface area contributed by atoms with Gasteiger partial charge in [0.2, 0.25) is 6.10 Å². The summed E-state index contributed by atoms with van der Waals surface area (Å²) in [4.78, 5) is 24.6. The van der Waals surface area contributed by atoms with Gasteiger partial charge in [0.05, 0.1) is 7.11 Å². The highest BCUT2D eigenvalue weighted by Gasteiger charge is 2.23. The third-order valence-corrected chi connectivity index (χ3v) is 4.53. The van der Waals surface area contributed by atoms with Gasteiger partial charge < -0.3 is 19.2 Å². The summed E-state index contributed by atoms with van der Waals surface area (Å²) < 4.78 is 16.5. The molecule has 0 aliphatic heterocycles. The maximum Gasteiger partial charge on any atom is 0.336 e. The number of anilines is 1. The fourth-order valence-corrected chi connectivity index (χ4v) is 3.06. The summed E-state index contributed by atoms with van der Waals surface area (Å²) >= 11 is 0. The lowest BCUT2D eigenvalue weighted by Gasteiger charge is -2.19. The molecular weight excluding hydrogens is 382 g/mol. The molecule has 1 heterocycles. The molecule has 1 aromatic heterocycles. The molecule has 1 N–H and O–H groups in total. The second-order valence-corrected chi connectivity index (χ2v) is 6.58. The molecule has 6 heteroatoms. The number of ether oxygens (including phenoxy) is 2. The fourth-order valence-electron chi connectivity index (χ4n) is 3.06. The Balaban J connectivity index is 1.64. The Bertz CT molecular complexity index is 1230. The predicted octanol–water partition coefficient (Wildman–Crippen LogP) is 4.56. The molecule has 1 unspecified atom stereocenters. The van der Waals surface area contributed by atoms with Crippen LogP contribution in [0.3, 0.4) is 0 Å². The zero-order valence-corrected chi connectivity index (χ0v) is 16.2. The smallest absolute Gasteiger partial charge is 0.336 e. The molecule has 0 aliphatic carbocycles. The van der Waals surface area contributed by atoms with E-state index in [9.17, 15) is 9.59 Å². The van der Waals surface area contributed by atoms with Crippen molar-refractivity contribution in [3.63, 3.8) is 0 Å². The average Bonchev–Trinajstić information content (AvgIpc) is 2.77. The summed E-state index contributed by atoms with van der Waals surface area (Å²) in [5, 5.41) is 3.63. The lowest BCUT2D eigenvalue weighted by Crippen LogP contribution is -2.25.